The molecule has 0 aliphatic heterocycles. The largest absolute Gasteiger partial charge is 0.480 e. The highest BCUT2D eigenvalue weighted by molar-refractivity contribution is 5.73. The molecule has 0 aromatic carbocycles. The van der Waals surface area contributed by atoms with Crippen LogP contribution in [0.4, 0.5) is 4.39 Å². The molecule has 4 N–H and O–H groups in total. The van der Waals surface area contributed by atoms with Gasteiger partial charge in [-0.3, -0.25) is 4.79 Å². The number of hydrogen-bond donors (Lipinski definition) is 3. The van der Waals surface area contributed by atoms with Crippen LogP contribution in [-0.4, -0.2) is 35.0 Å². The van der Waals surface area contributed by atoms with Crippen molar-refractivity contribution in [2.24, 2.45) is 5.73 Å². The Bertz CT molecular complexity index is 108. The Hall–Kier alpha value is -0.680. The lowest BCUT2D eigenvalue weighted by molar-refractivity contribution is -0.141. The van der Waals surface area contributed by atoms with Gasteiger partial charge < -0.3 is 15.9 Å². The fraction of sp³-hybridized carbons (Fsp3) is 0.750. The van der Waals surface area contributed by atoms with E-state index in [2.05, 4.69) is 0 Å². The molecule has 0 saturated carbocycles. The molecule has 0 bridgehead atoms. The van der Waals surface area contributed by atoms with Crippen LogP contribution in [0.1, 0.15) is 0 Å². The number of aliphatic hydroxyl groups is 1. The second-order valence-electron chi connectivity index (χ2n) is 1.59. The highest BCUT2D eigenvalue weighted by Gasteiger charge is 2.20. The van der Waals surface area contributed by atoms with E-state index in [1.54, 1.807) is 0 Å². The van der Waals surface area contributed by atoms with Crippen molar-refractivity contribution in [3.8, 4) is 0 Å². The van der Waals surface area contributed by atoms with E-state index < -0.39 is 24.8 Å². The molecule has 0 saturated heterocycles. The summed E-state index contributed by atoms with van der Waals surface area (Å²) in [5, 5.41) is 16.4. The Morgan fingerprint density at radius 2 is 2.22 bits per heavy atom. The van der Waals surface area contributed by atoms with Crippen LogP contribution in [0.2, 0.25) is 0 Å². The van der Waals surface area contributed by atoms with Gasteiger partial charge >= 0.3 is 5.97 Å². The number of hydrogen-bond acceptors (Lipinski definition) is 3. The minimum atomic E-state index is -1.59. The quantitative estimate of drug-likeness (QED) is 0.452. The molecule has 0 unspecified atom stereocenters. The summed E-state index contributed by atoms with van der Waals surface area (Å²) in [5.41, 5.74) is 4.78. The number of halogens is 1. The number of carbonyl (C=O) groups is 1. The van der Waals surface area contributed by atoms with Gasteiger partial charge in [0.15, 0.2) is 0 Å². The summed E-state index contributed by atoms with van der Waals surface area (Å²) < 4.78 is 11.4. The zero-order chi connectivity index (χ0) is 7.44. The lowest BCUT2D eigenvalue weighted by Crippen LogP contribution is -2.42. The molecule has 0 aliphatic rings. The van der Waals surface area contributed by atoms with E-state index in [0.29, 0.717) is 0 Å². The van der Waals surface area contributed by atoms with Crippen LogP contribution >= 0.6 is 0 Å². The molecular formula is C4H8FNO3. The average Bonchev–Trinajstić information content (AvgIpc) is 1.84. The van der Waals surface area contributed by atoms with Crippen LogP contribution in [0.5, 0.6) is 0 Å². The van der Waals surface area contributed by atoms with Gasteiger partial charge in [-0.1, -0.05) is 0 Å². The maximum absolute atomic E-state index is 11.4. The van der Waals surface area contributed by atoms with Gasteiger partial charge in [0.1, 0.15) is 18.8 Å². The van der Waals surface area contributed by atoms with E-state index in [1.165, 1.54) is 0 Å². The third-order valence-corrected chi connectivity index (χ3v) is 0.858. The van der Waals surface area contributed by atoms with E-state index >= 15 is 0 Å². The minimum absolute atomic E-state index is 1.13. The van der Waals surface area contributed by atoms with Crippen LogP contribution in [0.15, 0.2) is 0 Å². The van der Waals surface area contributed by atoms with Crippen molar-refractivity contribution in [3.63, 3.8) is 0 Å². The monoisotopic (exact) mass is 137 g/mol. The van der Waals surface area contributed by atoms with Crippen molar-refractivity contribution in [3.05, 3.63) is 0 Å². The third kappa shape index (κ3) is 2.39. The number of carboxylic acids is 1. The lowest BCUT2D eigenvalue weighted by atomic mass is 10.2. The van der Waals surface area contributed by atoms with Gasteiger partial charge in [0.05, 0.1) is 0 Å². The fourth-order valence-electron chi connectivity index (χ4n) is 0.261. The van der Waals surface area contributed by atoms with Crippen molar-refractivity contribution in [1.29, 1.82) is 0 Å². The highest BCUT2D eigenvalue weighted by Crippen LogP contribution is 1.90. The van der Waals surface area contributed by atoms with E-state index in [9.17, 15) is 9.18 Å². The summed E-state index contributed by atoms with van der Waals surface area (Å²) in [6, 6.07) is -1.52. The lowest BCUT2D eigenvalue weighted by Gasteiger charge is -2.09. The Balaban J connectivity index is 3.72. The summed E-state index contributed by atoms with van der Waals surface area (Å²) >= 11 is 0. The maximum Gasteiger partial charge on any atom is 0.323 e. The summed E-state index contributed by atoms with van der Waals surface area (Å²) in [6.45, 7) is -1.13. The normalized spacial score (nSPS) is 16.8. The number of nitrogens with two attached hydrogens (primary N) is 1. The zero-order valence-electron chi connectivity index (χ0n) is 4.62. The first-order valence-corrected chi connectivity index (χ1v) is 2.32. The average molecular weight is 137 g/mol. The van der Waals surface area contributed by atoms with Crippen molar-refractivity contribution in [2.45, 2.75) is 12.1 Å². The second-order valence-corrected chi connectivity index (χ2v) is 1.59. The first-order chi connectivity index (χ1) is 4.09. The predicted molar refractivity (Wildman–Crippen MR) is 27.6 cm³/mol. The van der Waals surface area contributed by atoms with Crippen LogP contribution in [0, 0.1) is 0 Å². The first kappa shape index (κ1) is 8.32. The van der Waals surface area contributed by atoms with Crippen LogP contribution in [0.25, 0.3) is 0 Å². The van der Waals surface area contributed by atoms with E-state index in [0.717, 1.165) is 0 Å². The van der Waals surface area contributed by atoms with Gasteiger partial charge in [0.25, 0.3) is 0 Å². The van der Waals surface area contributed by atoms with Crippen molar-refractivity contribution >= 4 is 5.97 Å². The summed E-state index contributed by atoms with van der Waals surface area (Å²) in [6.07, 6.45) is -1.59. The summed E-state index contributed by atoms with van der Waals surface area (Å²) in [5.74, 6) is -1.40. The Morgan fingerprint density at radius 1 is 1.78 bits per heavy atom. The van der Waals surface area contributed by atoms with E-state index in [-0.39, 0.29) is 0 Å². The number of aliphatic carboxylic acids is 1. The third-order valence-electron chi connectivity index (χ3n) is 0.858. The van der Waals surface area contributed by atoms with Crippen LogP contribution in [0.3, 0.4) is 0 Å². The predicted octanol–water partition coefficient (Wildman–Crippen LogP) is -1.27. The molecule has 0 heterocycles. The van der Waals surface area contributed by atoms with Crippen LogP contribution < -0.4 is 5.73 Å². The maximum atomic E-state index is 11.4. The van der Waals surface area contributed by atoms with Gasteiger partial charge in [-0.05, 0) is 0 Å². The molecule has 9 heavy (non-hydrogen) atoms. The number of rotatable bonds is 3. The topological polar surface area (TPSA) is 83.6 Å². The molecule has 4 nitrogen and oxygen atoms in total. The van der Waals surface area contributed by atoms with Crippen molar-refractivity contribution in [1.82, 2.24) is 0 Å². The standard InChI is InChI=1S/C4H8FNO3/c5-1-2(7)3(6)4(8)9/h2-3,7H,1,6H2,(H,8,9)/t2-,3-/m0/s1. The molecule has 0 aromatic heterocycles. The number of carboxylic acid groups (broad SMARTS) is 1. The summed E-state index contributed by atoms with van der Waals surface area (Å²) in [4.78, 5) is 9.85. The molecule has 0 amide bonds. The van der Waals surface area contributed by atoms with Gasteiger partial charge in [0, 0.05) is 0 Å². The second kappa shape index (κ2) is 3.37. The Kier molecular flexibility index (Phi) is 3.11. The fourth-order valence-corrected chi connectivity index (χ4v) is 0.261. The molecule has 0 aliphatic carbocycles. The Morgan fingerprint density at radius 3 is 2.33 bits per heavy atom. The smallest absolute Gasteiger partial charge is 0.323 e. The molecule has 0 aromatic rings. The number of alkyl halides is 1. The van der Waals surface area contributed by atoms with Crippen molar-refractivity contribution in [2.75, 3.05) is 6.67 Å². The SMILES string of the molecule is N[C@H](C(=O)O)[C@@H](O)CF. The molecule has 0 spiro atoms. The summed E-state index contributed by atoms with van der Waals surface area (Å²) in [7, 11) is 0. The molecule has 0 radical (unpaired) electrons. The number of aliphatic hydroxyl groups excluding tert-OH is 1. The first-order valence-electron chi connectivity index (χ1n) is 2.32. The molecule has 0 rings (SSSR count). The van der Waals surface area contributed by atoms with Gasteiger partial charge in [-0.15, -0.1) is 0 Å². The highest BCUT2D eigenvalue weighted by atomic mass is 19.1. The van der Waals surface area contributed by atoms with Gasteiger partial charge in [-0.25, -0.2) is 4.39 Å². The van der Waals surface area contributed by atoms with Crippen molar-refractivity contribution < 1.29 is 19.4 Å². The molecule has 0 fully saturated rings. The molecule has 54 valence electrons. The van der Waals surface area contributed by atoms with Crippen LogP contribution in [-0.2, 0) is 4.79 Å². The molecule has 2 atom stereocenters. The van der Waals surface area contributed by atoms with E-state index in [1.807, 2.05) is 0 Å². The minimum Gasteiger partial charge on any atom is -0.480 e. The Labute approximate surface area is 51.1 Å². The zero-order valence-corrected chi connectivity index (χ0v) is 4.62. The molecular weight excluding hydrogens is 129 g/mol. The van der Waals surface area contributed by atoms with E-state index in [4.69, 9.17) is 15.9 Å². The van der Waals surface area contributed by atoms with Gasteiger partial charge in [-0.2, -0.15) is 0 Å². The van der Waals surface area contributed by atoms with Gasteiger partial charge in [0.2, 0.25) is 0 Å². The molecule has 5 heteroatoms.